The molecule has 1 fully saturated rings. The number of rotatable bonds is 3. The molecule has 3 rings (SSSR count). The minimum Gasteiger partial charge on any atom is -0.495 e. The number of carbonyl (C=O) groups excluding carboxylic acids is 1. The third-order valence-corrected chi connectivity index (χ3v) is 4.38. The van der Waals surface area contributed by atoms with Crippen LogP contribution in [-0.4, -0.2) is 44.1 Å². The van der Waals surface area contributed by atoms with Gasteiger partial charge >= 0.3 is 0 Å². The maximum Gasteiger partial charge on any atom is 0.253 e. The fourth-order valence-electron chi connectivity index (χ4n) is 2.78. The van der Waals surface area contributed by atoms with E-state index in [0.717, 1.165) is 24.3 Å². The SMILES string of the molecule is COc1ccc(N2CCN(C(=O)c3ccccc3)CC2)cc1Cl. The first kappa shape index (κ1) is 15.7. The van der Waals surface area contributed by atoms with Crippen LogP contribution in [0.2, 0.25) is 5.02 Å². The first-order valence-electron chi connectivity index (χ1n) is 7.62. The molecule has 0 N–H and O–H groups in total. The number of hydrogen-bond acceptors (Lipinski definition) is 3. The lowest BCUT2D eigenvalue weighted by Crippen LogP contribution is -2.48. The Morgan fingerprint density at radius 2 is 1.74 bits per heavy atom. The molecular weight excluding hydrogens is 312 g/mol. The van der Waals surface area contributed by atoms with Crippen molar-refractivity contribution in [2.24, 2.45) is 0 Å². The predicted octanol–water partition coefficient (Wildman–Crippen LogP) is 3.31. The quantitative estimate of drug-likeness (QED) is 0.865. The Balaban J connectivity index is 1.64. The third kappa shape index (κ3) is 3.42. The third-order valence-electron chi connectivity index (χ3n) is 4.09. The van der Waals surface area contributed by atoms with Crippen molar-refractivity contribution >= 4 is 23.2 Å². The molecule has 4 nitrogen and oxygen atoms in total. The minimum absolute atomic E-state index is 0.0954. The number of carbonyl (C=O) groups is 1. The molecule has 1 heterocycles. The second-order valence-corrected chi connectivity index (χ2v) is 5.87. The molecule has 2 aromatic rings. The van der Waals surface area contributed by atoms with Gasteiger partial charge in [0.1, 0.15) is 5.75 Å². The van der Waals surface area contributed by atoms with Gasteiger partial charge in [-0.25, -0.2) is 0 Å². The Hall–Kier alpha value is -2.20. The molecule has 23 heavy (non-hydrogen) atoms. The van der Waals surface area contributed by atoms with Crippen LogP contribution >= 0.6 is 11.6 Å². The van der Waals surface area contributed by atoms with E-state index >= 15 is 0 Å². The molecule has 0 aromatic heterocycles. The molecule has 0 bridgehead atoms. The largest absolute Gasteiger partial charge is 0.495 e. The Kier molecular flexibility index (Phi) is 4.72. The van der Waals surface area contributed by atoms with Gasteiger partial charge < -0.3 is 14.5 Å². The summed E-state index contributed by atoms with van der Waals surface area (Å²) >= 11 is 6.19. The zero-order chi connectivity index (χ0) is 16.2. The monoisotopic (exact) mass is 330 g/mol. The molecule has 0 spiro atoms. The molecule has 2 aromatic carbocycles. The summed E-state index contributed by atoms with van der Waals surface area (Å²) in [5.74, 6) is 0.770. The second-order valence-electron chi connectivity index (χ2n) is 5.46. The van der Waals surface area contributed by atoms with E-state index in [1.807, 2.05) is 53.4 Å². The highest BCUT2D eigenvalue weighted by atomic mass is 35.5. The molecule has 120 valence electrons. The van der Waals surface area contributed by atoms with E-state index in [1.165, 1.54) is 0 Å². The molecule has 1 amide bonds. The first-order valence-corrected chi connectivity index (χ1v) is 7.99. The van der Waals surface area contributed by atoms with Crippen LogP contribution in [-0.2, 0) is 0 Å². The van der Waals surface area contributed by atoms with Crippen molar-refractivity contribution in [3.63, 3.8) is 0 Å². The van der Waals surface area contributed by atoms with Crippen molar-refractivity contribution in [1.29, 1.82) is 0 Å². The second kappa shape index (κ2) is 6.92. The average molecular weight is 331 g/mol. The summed E-state index contributed by atoms with van der Waals surface area (Å²) in [5.41, 5.74) is 1.80. The van der Waals surface area contributed by atoms with Crippen molar-refractivity contribution in [2.75, 3.05) is 38.2 Å². The normalized spacial score (nSPS) is 14.7. The van der Waals surface area contributed by atoms with Crippen LogP contribution in [0.5, 0.6) is 5.75 Å². The average Bonchev–Trinajstić information content (AvgIpc) is 2.62. The number of methoxy groups -OCH3 is 1. The molecule has 0 unspecified atom stereocenters. The Labute approximate surface area is 141 Å². The Morgan fingerprint density at radius 3 is 2.35 bits per heavy atom. The van der Waals surface area contributed by atoms with E-state index in [0.29, 0.717) is 23.9 Å². The van der Waals surface area contributed by atoms with Crippen LogP contribution in [0.15, 0.2) is 48.5 Å². The van der Waals surface area contributed by atoms with E-state index in [9.17, 15) is 4.79 Å². The van der Waals surface area contributed by atoms with E-state index < -0.39 is 0 Å². The van der Waals surface area contributed by atoms with Crippen LogP contribution in [0.1, 0.15) is 10.4 Å². The zero-order valence-corrected chi connectivity index (χ0v) is 13.8. The summed E-state index contributed by atoms with van der Waals surface area (Å²) in [5, 5.41) is 0.604. The fourth-order valence-corrected chi connectivity index (χ4v) is 3.03. The number of anilines is 1. The number of benzene rings is 2. The van der Waals surface area contributed by atoms with Crippen LogP contribution in [0.4, 0.5) is 5.69 Å². The smallest absolute Gasteiger partial charge is 0.253 e. The van der Waals surface area contributed by atoms with Crippen LogP contribution in [0.3, 0.4) is 0 Å². The standard InChI is InChI=1S/C18H19ClN2O2/c1-23-17-8-7-15(13-16(17)19)20-9-11-21(12-10-20)18(22)14-5-3-2-4-6-14/h2-8,13H,9-12H2,1H3. The topological polar surface area (TPSA) is 32.8 Å². The maximum atomic E-state index is 12.5. The highest BCUT2D eigenvalue weighted by Crippen LogP contribution is 2.29. The summed E-state index contributed by atoms with van der Waals surface area (Å²) in [6.07, 6.45) is 0. The van der Waals surface area contributed by atoms with E-state index in [1.54, 1.807) is 7.11 Å². The number of halogens is 1. The number of amides is 1. The van der Waals surface area contributed by atoms with Gasteiger partial charge in [0.05, 0.1) is 12.1 Å². The highest BCUT2D eigenvalue weighted by molar-refractivity contribution is 6.32. The summed E-state index contributed by atoms with van der Waals surface area (Å²) in [4.78, 5) is 16.6. The molecule has 1 aliphatic rings. The molecule has 0 radical (unpaired) electrons. The maximum absolute atomic E-state index is 12.5. The number of hydrogen-bond donors (Lipinski definition) is 0. The van der Waals surface area contributed by atoms with Gasteiger partial charge in [-0.2, -0.15) is 0 Å². The minimum atomic E-state index is 0.0954. The van der Waals surface area contributed by atoms with E-state index in [2.05, 4.69) is 4.90 Å². The molecule has 5 heteroatoms. The highest BCUT2D eigenvalue weighted by Gasteiger charge is 2.22. The van der Waals surface area contributed by atoms with Gasteiger partial charge in [-0.1, -0.05) is 29.8 Å². The van der Waals surface area contributed by atoms with E-state index in [4.69, 9.17) is 16.3 Å². The number of nitrogens with zero attached hydrogens (tertiary/aromatic N) is 2. The fraction of sp³-hybridized carbons (Fsp3) is 0.278. The van der Waals surface area contributed by atoms with Gasteiger partial charge in [0.2, 0.25) is 0 Å². The lowest BCUT2D eigenvalue weighted by molar-refractivity contribution is 0.0747. The lowest BCUT2D eigenvalue weighted by atomic mass is 10.1. The van der Waals surface area contributed by atoms with Crippen LogP contribution < -0.4 is 9.64 Å². The summed E-state index contributed by atoms with van der Waals surface area (Å²) in [7, 11) is 1.61. The van der Waals surface area contributed by atoms with Crippen molar-refractivity contribution in [3.05, 3.63) is 59.1 Å². The van der Waals surface area contributed by atoms with Gasteiger partial charge in [-0.15, -0.1) is 0 Å². The Bertz CT molecular complexity index is 683. The van der Waals surface area contributed by atoms with Crippen LogP contribution in [0.25, 0.3) is 0 Å². The van der Waals surface area contributed by atoms with Gasteiger partial charge in [-0.05, 0) is 30.3 Å². The zero-order valence-electron chi connectivity index (χ0n) is 13.0. The molecular formula is C18H19ClN2O2. The molecule has 0 atom stereocenters. The Morgan fingerprint density at radius 1 is 1.04 bits per heavy atom. The van der Waals surface area contributed by atoms with E-state index in [-0.39, 0.29) is 5.91 Å². The summed E-state index contributed by atoms with van der Waals surface area (Å²) < 4.78 is 5.18. The molecule has 1 saturated heterocycles. The van der Waals surface area contributed by atoms with Crippen molar-refractivity contribution in [2.45, 2.75) is 0 Å². The molecule has 0 saturated carbocycles. The molecule has 0 aliphatic carbocycles. The number of ether oxygens (including phenoxy) is 1. The van der Waals surface area contributed by atoms with Crippen molar-refractivity contribution in [1.82, 2.24) is 4.90 Å². The summed E-state index contributed by atoms with van der Waals surface area (Å²) in [6, 6.07) is 15.2. The van der Waals surface area contributed by atoms with Gasteiger partial charge in [-0.3, -0.25) is 4.79 Å². The van der Waals surface area contributed by atoms with Crippen LogP contribution in [0, 0.1) is 0 Å². The molecule has 1 aliphatic heterocycles. The van der Waals surface area contributed by atoms with Gasteiger partial charge in [0.15, 0.2) is 0 Å². The lowest BCUT2D eigenvalue weighted by Gasteiger charge is -2.36. The summed E-state index contributed by atoms with van der Waals surface area (Å²) in [6.45, 7) is 3.00. The predicted molar refractivity (Wildman–Crippen MR) is 92.6 cm³/mol. The van der Waals surface area contributed by atoms with Crippen molar-refractivity contribution in [3.8, 4) is 5.75 Å². The number of piperazine rings is 1. The van der Waals surface area contributed by atoms with Gasteiger partial charge in [0.25, 0.3) is 5.91 Å². The van der Waals surface area contributed by atoms with Crippen molar-refractivity contribution < 1.29 is 9.53 Å². The van der Waals surface area contributed by atoms with Gasteiger partial charge in [0, 0.05) is 37.4 Å². The first-order chi connectivity index (χ1) is 11.2.